The summed E-state index contributed by atoms with van der Waals surface area (Å²) in [6.07, 6.45) is 1.48. The lowest BCUT2D eigenvalue weighted by Crippen LogP contribution is -2.10. The van der Waals surface area contributed by atoms with E-state index in [1.807, 2.05) is 26.0 Å². The molecule has 0 aromatic carbocycles. The fourth-order valence-corrected chi connectivity index (χ4v) is 1.19. The predicted molar refractivity (Wildman–Crippen MR) is 55.2 cm³/mol. The largest absolute Gasteiger partial charge is 0.359 e. The molecule has 0 aliphatic heterocycles. The molecular formula is C9H12N6. The summed E-state index contributed by atoms with van der Waals surface area (Å²) in [6.45, 7) is 3.87. The summed E-state index contributed by atoms with van der Waals surface area (Å²) in [7, 11) is 0. The molecule has 0 radical (unpaired) electrons. The number of rotatable bonds is 3. The Balaban J connectivity index is 2.06. The highest BCUT2D eigenvalue weighted by Gasteiger charge is 2.08. The molecular weight excluding hydrogens is 192 g/mol. The van der Waals surface area contributed by atoms with Gasteiger partial charge < -0.3 is 5.32 Å². The minimum Gasteiger partial charge on any atom is -0.359 e. The molecule has 0 aliphatic rings. The molecule has 0 amide bonds. The zero-order chi connectivity index (χ0) is 10.7. The topological polar surface area (TPSA) is 79.4 Å². The third-order valence-corrected chi connectivity index (χ3v) is 2.01. The molecule has 2 rings (SSSR count). The molecule has 0 fully saturated rings. The lowest BCUT2D eigenvalue weighted by molar-refractivity contribution is 0.783. The van der Waals surface area contributed by atoms with Crippen molar-refractivity contribution < 1.29 is 0 Å². The molecule has 0 bridgehead atoms. The van der Waals surface area contributed by atoms with Crippen LogP contribution in [0, 0.1) is 6.92 Å². The first kappa shape index (κ1) is 9.57. The monoisotopic (exact) mass is 204 g/mol. The van der Waals surface area contributed by atoms with Gasteiger partial charge in [-0.2, -0.15) is 10.2 Å². The van der Waals surface area contributed by atoms with Gasteiger partial charge in [0.1, 0.15) is 18.0 Å². The molecule has 2 heterocycles. The van der Waals surface area contributed by atoms with Crippen molar-refractivity contribution in [2.24, 2.45) is 0 Å². The summed E-state index contributed by atoms with van der Waals surface area (Å²) in [5.74, 6) is 1.50. The van der Waals surface area contributed by atoms with Gasteiger partial charge in [-0.3, -0.25) is 5.10 Å². The highest BCUT2D eigenvalue weighted by molar-refractivity contribution is 5.34. The van der Waals surface area contributed by atoms with Crippen LogP contribution in [0.5, 0.6) is 0 Å². The number of hydrogen-bond acceptors (Lipinski definition) is 5. The lowest BCUT2D eigenvalue weighted by Gasteiger charge is -2.10. The normalized spacial score (nSPS) is 12.4. The van der Waals surface area contributed by atoms with Crippen molar-refractivity contribution in [3.63, 3.8) is 0 Å². The van der Waals surface area contributed by atoms with Crippen LogP contribution in [0.3, 0.4) is 0 Å². The van der Waals surface area contributed by atoms with E-state index in [9.17, 15) is 0 Å². The second kappa shape index (κ2) is 4.04. The number of nitrogens with one attached hydrogen (secondary N) is 2. The van der Waals surface area contributed by atoms with Gasteiger partial charge in [0.25, 0.3) is 0 Å². The summed E-state index contributed by atoms with van der Waals surface area (Å²) < 4.78 is 0. The van der Waals surface area contributed by atoms with Gasteiger partial charge in [0.2, 0.25) is 0 Å². The van der Waals surface area contributed by atoms with Crippen LogP contribution in [0.4, 0.5) is 5.82 Å². The maximum Gasteiger partial charge on any atom is 0.149 e. The average Bonchev–Trinajstić information content (AvgIpc) is 2.74. The van der Waals surface area contributed by atoms with Crippen molar-refractivity contribution >= 4 is 5.82 Å². The van der Waals surface area contributed by atoms with E-state index in [0.29, 0.717) is 0 Å². The smallest absolute Gasteiger partial charge is 0.149 e. The molecule has 0 saturated carbocycles. The van der Waals surface area contributed by atoms with Crippen LogP contribution in [0.1, 0.15) is 24.5 Å². The zero-order valence-electron chi connectivity index (χ0n) is 8.60. The Morgan fingerprint density at radius 3 is 2.80 bits per heavy atom. The Kier molecular flexibility index (Phi) is 2.57. The maximum atomic E-state index is 4.05. The van der Waals surface area contributed by atoms with Crippen molar-refractivity contribution in [1.29, 1.82) is 0 Å². The standard InChI is InChI=1S/C9H12N6/c1-6-3-4-8(14-13-6)12-7(2)9-10-5-11-15-9/h3-5,7H,1-2H3,(H,12,14)(H,10,11,15). The minimum atomic E-state index is 0.0320. The van der Waals surface area contributed by atoms with Crippen LogP contribution in [-0.4, -0.2) is 25.4 Å². The molecule has 0 saturated heterocycles. The Morgan fingerprint density at radius 1 is 1.33 bits per heavy atom. The van der Waals surface area contributed by atoms with Crippen LogP contribution < -0.4 is 5.32 Å². The van der Waals surface area contributed by atoms with Crippen LogP contribution in [0.15, 0.2) is 18.5 Å². The third-order valence-electron chi connectivity index (χ3n) is 2.01. The van der Waals surface area contributed by atoms with Crippen molar-refractivity contribution in [3.8, 4) is 0 Å². The maximum absolute atomic E-state index is 4.05. The molecule has 1 unspecified atom stereocenters. The van der Waals surface area contributed by atoms with Crippen LogP contribution >= 0.6 is 0 Å². The Labute approximate surface area is 87.2 Å². The van der Waals surface area contributed by atoms with E-state index >= 15 is 0 Å². The molecule has 2 aromatic heterocycles. The van der Waals surface area contributed by atoms with E-state index in [0.717, 1.165) is 17.3 Å². The molecule has 0 spiro atoms. The van der Waals surface area contributed by atoms with E-state index < -0.39 is 0 Å². The van der Waals surface area contributed by atoms with Crippen molar-refractivity contribution in [3.05, 3.63) is 30.0 Å². The first-order chi connectivity index (χ1) is 7.25. The van der Waals surface area contributed by atoms with Gasteiger partial charge >= 0.3 is 0 Å². The van der Waals surface area contributed by atoms with E-state index in [-0.39, 0.29) is 6.04 Å². The second-order valence-electron chi connectivity index (χ2n) is 3.30. The molecule has 78 valence electrons. The van der Waals surface area contributed by atoms with Crippen molar-refractivity contribution in [2.45, 2.75) is 19.9 Å². The molecule has 2 aromatic rings. The summed E-state index contributed by atoms with van der Waals surface area (Å²) in [5, 5.41) is 17.7. The highest BCUT2D eigenvalue weighted by Crippen LogP contribution is 2.12. The number of H-pyrrole nitrogens is 1. The summed E-state index contributed by atoms with van der Waals surface area (Å²) >= 11 is 0. The number of aromatic nitrogens is 5. The molecule has 1 atom stereocenters. The van der Waals surface area contributed by atoms with Gasteiger partial charge in [-0.1, -0.05) is 0 Å². The number of aromatic amines is 1. The van der Waals surface area contributed by atoms with Gasteiger partial charge in [0.05, 0.1) is 11.7 Å². The quantitative estimate of drug-likeness (QED) is 0.782. The van der Waals surface area contributed by atoms with Gasteiger partial charge in [0.15, 0.2) is 0 Å². The summed E-state index contributed by atoms with van der Waals surface area (Å²) in [4.78, 5) is 4.05. The summed E-state index contributed by atoms with van der Waals surface area (Å²) in [5.41, 5.74) is 0.896. The van der Waals surface area contributed by atoms with E-state index in [1.54, 1.807) is 0 Å². The number of anilines is 1. The molecule has 0 aliphatic carbocycles. The first-order valence-corrected chi connectivity index (χ1v) is 4.68. The van der Waals surface area contributed by atoms with Gasteiger partial charge in [-0.25, -0.2) is 4.98 Å². The zero-order valence-corrected chi connectivity index (χ0v) is 8.60. The van der Waals surface area contributed by atoms with E-state index in [4.69, 9.17) is 0 Å². The fourth-order valence-electron chi connectivity index (χ4n) is 1.19. The molecule has 2 N–H and O–H groups in total. The van der Waals surface area contributed by atoms with Crippen molar-refractivity contribution in [1.82, 2.24) is 25.4 Å². The Bertz CT molecular complexity index is 407. The fraction of sp³-hybridized carbons (Fsp3) is 0.333. The Hall–Kier alpha value is -1.98. The predicted octanol–water partition coefficient (Wildman–Crippen LogP) is 1.08. The minimum absolute atomic E-state index is 0.0320. The van der Waals surface area contributed by atoms with Gasteiger partial charge in [0, 0.05) is 0 Å². The van der Waals surface area contributed by atoms with Gasteiger partial charge in [-0.15, -0.1) is 5.10 Å². The summed E-state index contributed by atoms with van der Waals surface area (Å²) in [6, 6.07) is 3.82. The van der Waals surface area contributed by atoms with E-state index in [1.165, 1.54) is 6.33 Å². The van der Waals surface area contributed by atoms with Crippen molar-refractivity contribution in [2.75, 3.05) is 5.32 Å². The van der Waals surface area contributed by atoms with Crippen LogP contribution in [0.25, 0.3) is 0 Å². The SMILES string of the molecule is Cc1ccc(NC(C)c2ncn[nH]2)nn1. The van der Waals surface area contributed by atoms with Crippen LogP contribution in [-0.2, 0) is 0 Å². The van der Waals surface area contributed by atoms with E-state index in [2.05, 4.69) is 30.7 Å². The van der Waals surface area contributed by atoms with Gasteiger partial charge in [-0.05, 0) is 26.0 Å². The Morgan fingerprint density at radius 2 is 2.20 bits per heavy atom. The van der Waals surface area contributed by atoms with Crippen LogP contribution in [0.2, 0.25) is 0 Å². The first-order valence-electron chi connectivity index (χ1n) is 4.68. The average molecular weight is 204 g/mol. The molecule has 15 heavy (non-hydrogen) atoms. The third kappa shape index (κ3) is 2.28. The molecule has 6 heteroatoms. The number of hydrogen-bond donors (Lipinski definition) is 2. The number of aryl methyl sites for hydroxylation is 1. The highest BCUT2D eigenvalue weighted by atomic mass is 15.2. The second-order valence-corrected chi connectivity index (χ2v) is 3.30. The number of nitrogens with zero attached hydrogens (tertiary/aromatic N) is 4. The lowest BCUT2D eigenvalue weighted by atomic mass is 10.3. The molecule has 6 nitrogen and oxygen atoms in total.